The van der Waals surface area contributed by atoms with Crippen LogP contribution in [0.2, 0.25) is 5.02 Å². The second-order valence-corrected chi connectivity index (χ2v) is 4.22. The largest absolute Gasteiger partial charge is 0.444 e. The summed E-state index contributed by atoms with van der Waals surface area (Å²) in [5.74, 6) is -1.26. The molecule has 0 saturated carbocycles. The number of H-pyrrole nitrogens is 1. The molecule has 0 aliphatic heterocycles. The molecule has 1 aromatic carbocycles. The van der Waals surface area contributed by atoms with E-state index in [-0.39, 0.29) is 6.61 Å². The smallest absolute Gasteiger partial charge is 0.422 e. The van der Waals surface area contributed by atoms with E-state index in [0.29, 0.717) is 21.4 Å². The summed E-state index contributed by atoms with van der Waals surface area (Å²) in [7, 11) is 0. The molecule has 0 unspecified atom stereocenters. The monoisotopic (exact) mass is 298 g/mol. The Morgan fingerprint density at radius 1 is 1.30 bits per heavy atom. The predicted octanol–water partition coefficient (Wildman–Crippen LogP) is 1.51. The van der Waals surface area contributed by atoms with Gasteiger partial charge in [-0.05, 0) is 17.7 Å². The van der Waals surface area contributed by atoms with Crippen molar-refractivity contribution in [2.45, 2.75) is 6.61 Å². The van der Waals surface area contributed by atoms with Crippen molar-refractivity contribution in [2.75, 3.05) is 0 Å². The van der Waals surface area contributed by atoms with Crippen LogP contribution in [0.25, 0.3) is 0 Å². The first-order valence-electron chi connectivity index (χ1n) is 5.40. The predicted molar refractivity (Wildman–Crippen MR) is 68.3 cm³/mol. The highest BCUT2D eigenvalue weighted by molar-refractivity contribution is 6.30. The van der Waals surface area contributed by atoms with Gasteiger partial charge in [-0.1, -0.05) is 23.7 Å². The van der Waals surface area contributed by atoms with Gasteiger partial charge < -0.3 is 4.74 Å². The molecule has 20 heavy (non-hydrogen) atoms. The zero-order chi connectivity index (χ0) is 14.7. The Hall–Kier alpha value is -2.41. The van der Waals surface area contributed by atoms with Gasteiger partial charge in [0.1, 0.15) is 6.61 Å². The zero-order valence-electron chi connectivity index (χ0n) is 9.93. The number of nitrogens with one attached hydrogen (secondary N) is 1. The zero-order valence-corrected chi connectivity index (χ0v) is 10.7. The number of hydrogen-bond acceptors (Lipinski definition) is 4. The average molecular weight is 299 g/mol. The minimum Gasteiger partial charge on any atom is -0.444 e. The highest BCUT2D eigenvalue weighted by Gasteiger charge is 2.12. The number of ether oxygens (including phenoxy) is 1. The van der Waals surface area contributed by atoms with Crippen LogP contribution < -0.4 is 11.2 Å². The molecule has 1 N–H and O–H groups in total. The number of benzene rings is 1. The van der Waals surface area contributed by atoms with E-state index in [4.69, 9.17) is 16.3 Å². The van der Waals surface area contributed by atoms with Crippen LogP contribution in [-0.2, 0) is 11.3 Å². The lowest BCUT2D eigenvalue weighted by molar-refractivity contribution is 0.139. The van der Waals surface area contributed by atoms with Gasteiger partial charge >= 0.3 is 11.8 Å². The normalized spacial score (nSPS) is 10.3. The van der Waals surface area contributed by atoms with E-state index in [1.807, 2.05) is 0 Å². The lowest BCUT2D eigenvalue weighted by atomic mass is 10.2. The topological polar surface area (TPSA) is 81.2 Å². The summed E-state index contributed by atoms with van der Waals surface area (Å²) in [5.41, 5.74) is -1.63. The first-order chi connectivity index (χ1) is 9.47. The number of aromatic amines is 1. The third-order valence-electron chi connectivity index (χ3n) is 2.37. The van der Waals surface area contributed by atoms with Crippen LogP contribution in [0.5, 0.6) is 0 Å². The van der Waals surface area contributed by atoms with Crippen LogP contribution in [0.15, 0.2) is 40.1 Å². The lowest BCUT2D eigenvalue weighted by Crippen LogP contribution is -2.35. The Morgan fingerprint density at radius 2 is 1.95 bits per heavy atom. The molecule has 2 rings (SSSR count). The summed E-state index contributed by atoms with van der Waals surface area (Å²) in [4.78, 5) is 35.4. The highest BCUT2D eigenvalue weighted by atomic mass is 35.5. The fourth-order valence-corrected chi connectivity index (χ4v) is 1.50. The summed E-state index contributed by atoms with van der Waals surface area (Å²) in [5, 5.41) is 0.527. The van der Waals surface area contributed by atoms with Crippen molar-refractivity contribution in [1.29, 1.82) is 0 Å². The Kier molecular flexibility index (Phi) is 3.99. The molecule has 0 bridgehead atoms. The maximum atomic E-state index is 13.0. The van der Waals surface area contributed by atoms with Crippen molar-refractivity contribution in [3.05, 3.63) is 67.7 Å². The Labute approximate surface area is 116 Å². The number of hydrogen-bond donors (Lipinski definition) is 1. The van der Waals surface area contributed by atoms with Gasteiger partial charge in [-0.15, -0.1) is 0 Å². The van der Waals surface area contributed by atoms with E-state index in [0.717, 1.165) is 0 Å². The van der Waals surface area contributed by atoms with Crippen LogP contribution in [0.4, 0.5) is 9.18 Å². The van der Waals surface area contributed by atoms with Gasteiger partial charge in [0.05, 0.1) is 6.20 Å². The van der Waals surface area contributed by atoms with Crippen LogP contribution in [0.3, 0.4) is 0 Å². The molecule has 0 saturated heterocycles. The minimum absolute atomic E-state index is 0.122. The maximum Gasteiger partial charge on any atom is 0.422 e. The average Bonchev–Trinajstić information content (AvgIpc) is 2.42. The van der Waals surface area contributed by atoms with Crippen molar-refractivity contribution < 1.29 is 13.9 Å². The summed E-state index contributed by atoms with van der Waals surface area (Å²) < 4.78 is 18.2. The molecule has 0 radical (unpaired) electrons. The van der Waals surface area contributed by atoms with Gasteiger partial charge in [0.15, 0.2) is 0 Å². The standard InChI is InChI=1S/C12H8ClFN2O4/c13-8-3-1-7(2-4-8)6-20-12(19)16-5-9(14)10(17)15-11(16)18/h1-5H,6H2,(H,15,17,18). The van der Waals surface area contributed by atoms with E-state index in [1.165, 1.54) is 0 Å². The van der Waals surface area contributed by atoms with Crippen LogP contribution in [0, 0.1) is 5.82 Å². The number of carbonyl (C=O) groups excluding carboxylic acids is 1. The number of aromatic nitrogens is 2. The molecule has 104 valence electrons. The molecule has 1 aromatic heterocycles. The third kappa shape index (κ3) is 3.12. The molecule has 2 aromatic rings. The van der Waals surface area contributed by atoms with Gasteiger partial charge in [0, 0.05) is 5.02 Å². The molecule has 0 aliphatic carbocycles. The number of carbonyl (C=O) groups is 1. The first-order valence-corrected chi connectivity index (χ1v) is 5.78. The molecular weight excluding hydrogens is 291 g/mol. The van der Waals surface area contributed by atoms with Gasteiger partial charge in [-0.25, -0.2) is 14.2 Å². The second kappa shape index (κ2) is 5.70. The lowest BCUT2D eigenvalue weighted by Gasteiger charge is -2.06. The summed E-state index contributed by atoms with van der Waals surface area (Å²) in [6, 6.07) is 6.48. The van der Waals surface area contributed by atoms with Gasteiger partial charge in [-0.3, -0.25) is 9.78 Å². The van der Waals surface area contributed by atoms with Crippen molar-refractivity contribution in [3.63, 3.8) is 0 Å². The molecule has 0 atom stereocenters. The SMILES string of the molecule is O=C(OCc1ccc(Cl)cc1)n1cc(F)c(=O)[nH]c1=O. The molecule has 8 heteroatoms. The maximum absolute atomic E-state index is 13.0. The molecule has 0 amide bonds. The number of nitrogens with zero attached hydrogens (tertiary/aromatic N) is 1. The Balaban J connectivity index is 2.13. The quantitative estimate of drug-likeness (QED) is 0.911. The molecule has 1 heterocycles. The summed E-state index contributed by atoms with van der Waals surface area (Å²) in [6.45, 7) is -0.122. The number of halogens is 2. The molecule has 0 aliphatic rings. The van der Waals surface area contributed by atoms with Crippen LogP contribution in [-0.4, -0.2) is 15.6 Å². The van der Waals surface area contributed by atoms with E-state index in [9.17, 15) is 18.8 Å². The van der Waals surface area contributed by atoms with Gasteiger partial charge in [0.2, 0.25) is 5.82 Å². The van der Waals surface area contributed by atoms with E-state index in [2.05, 4.69) is 0 Å². The van der Waals surface area contributed by atoms with Crippen molar-refractivity contribution in [1.82, 2.24) is 9.55 Å². The van der Waals surface area contributed by atoms with Crippen molar-refractivity contribution >= 4 is 17.7 Å². The minimum atomic E-state index is -1.26. The molecule has 0 spiro atoms. The Bertz CT molecular complexity index is 751. The molecular formula is C12H8ClFN2O4. The third-order valence-corrected chi connectivity index (χ3v) is 2.62. The van der Waals surface area contributed by atoms with E-state index < -0.39 is 23.2 Å². The first kappa shape index (κ1) is 14.0. The van der Waals surface area contributed by atoms with Gasteiger partial charge in [0.25, 0.3) is 5.56 Å². The summed E-state index contributed by atoms with van der Waals surface area (Å²) >= 11 is 5.69. The van der Waals surface area contributed by atoms with E-state index >= 15 is 0 Å². The van der Waals surface area contributed by atoms with Crippen LogP contribution in [0.1, 0.15) is 5.56 Å². The molecule has 0 fully saturated rings. The highest BCUT2D eigenvalue weighted by Crippen LogP contribution is 2.10. The van der Waals surface area contributed by atoms with E-state index in [1.54, 1.807) is 29.2 Å². The molecule has 6 nitrogen and oxygen atoms in total. The number of rotatable bonds is 2. The van der Waals surface area contributed by atoms with Gasteiger partial charge in [-0.2, -0.15) is 4.39 Å². The van der Waals surface area contributed by atoms with Crippen molar-refractivity contribution in [2.24, 2.45) is 0 Å². The fourth-order valence-electron chi connectivity index (χ4n) is 1.38. The fraction of sp³-hybridized carbons (Fsp3) is 0.0833. The van der Waals surface area contributed by atoms with Crippen LogP contribution >= 0.6 is 11.6 Å². The second-order valence-electron chi connectivity index (χ2n) is 3.79. The Morgan fingerprint density at radius 3 is 2.60 bits per heavy atom. The van der Waals surface area contributed by atoms with Crippen molar-refractivity contribution in [3.8, 4) is 0 Å². The summed E-state index contributed by atoms with van der Waals surface area (Å²) in [6.07, 6.45) is -0.620.